The Morgan fingerprint density at radius 3 is 2.83 bits per heavy atom. The van der Waals surface area contributed by atoms with Crippen molar-refractivity contribution < 1.29 is 19.7 Å². The number of rotatable bonds is 4. The number of hydrogen-bond donors (Lipinski definition) is 3. The van der Waals surface area contributed by atoms with E-state index in [-0.39, 0.29) is 30.1 Å². The molecular weight excluding hydrogens is 404 g/mol. The standard InChI is InChI=1S/C21H20N4O4S/c1-12(2)23-21-25(22-9-14-3-5-15(26)8-18(14)27)17(11-30-21)13-4-6-19-16(7-13)24-20(28)10-29-19/h3-9,11-12,26-27H,10H2,1-2H3,(H,24,28). The second kappa shape index (κ2) is 8.03. The summed E-state index contributed by atoms with van der Waals surface area (Å²) in [6.45, 7) is 3.96. The molecule has 3 aromatic rings. The highest BCUT2D eigenvalue weighted by Gasteiger charge is 2.18. The lowest BCUT2D eigenvalue weighted by Gasteiger charge is -2.18. The number of anilines is 1. The molecule has 0 radical (unpaired) electrons. The lowest BCUT2D eigenvalue weighted by Crippen LogP contribution is -2.25. The van der Waals surface area contributed by atoms with Gasteiger partial charge >= 0.3 is 0 Å². The van der Waals surface area contributed by atoms with Gasteiger partial charge in [0.25, 0.3) is 5.91 Å². The SMILES string of the molecule is CC(C)N=c1scc(-c2ccc3c(c2)NC(=O)CO3)n1N=Cc1ccc(O)cc1O. The fourth-order valence-corrected chi connectivity index (χ4v) is 3.89. The number of fused-ring (bicyclic) bond motifs is 1. The number of phenols is 2. The van der Waals surface area contributed by atoms with Crippen LogP contribution in [0.4, 0.5) is 5.69 Å². The molecule has 0 atom stereocenters. The highest BCUT2D eigenvalue weighted by molar-refractivity contribution is 7.07. The van der Waals surface area contributed by atoms with Crippen LogP contribution in [0.25, 0.3) is 11.3 Å². The summed E-state index contributed by atoms with van der Waals surface area (Å²) in [4.78, 5) is 17.0. The van der Waals surface area contributed by atoms with Crippen molar-refractivity contribution in [1.29, 1.82) is 0 Å². The van der Waals surface area contributed by atoms with Gasteiger partial charge in [-0.3, -0.25) is 9.79 Å². The molecule has 8 nitrogen and oxygen atoms in total. The summed E-state index contributed by atoms with van der Waals surface area (Å²) >= 11 is 1.44. The van der Waals surface area contributed by atoms with Crippen LogP contribution in [-0.4, -0.2) is 39.7 Å². The Balaban J connectivity index is 1.80. The van der Waals surface area contributed by atoms with E-state index in [0.29, 0.717) is 21.8 Å². The van der Waals surface area contributed by atoms with E-state index in [1.807, 2.05) is 31.4 Å². The summed E-state index contributed by atoms with van der Waals surface area (Å²) < 4.78 is 7.11. The van der Waals surface area contributed by atoms with Gasteiger partial charge < -0.3 is 20.3 Å². The molecule has 1 aromatic heterocycles. The molecule has 1 amide bonds. The third-order valence-corrected chi connectivity index (χ3v) is 5.12. The lowest BCUT2D eigenvalue weighted by atomic mass is 10.1. The quantitative estimate of drug-likeness (QED) is 0.559. The number of phenolic OH excluding ortho intramolecular Hbond substituents is 2. The van der Waals surface area contributed by atoms with E-state index in [1.54, 1.807) is 16.8 Å². The smallest absolute Gasteiger partial charge is 0.262 e. The molecule has 3 N–H and O–H groups in total. The van der Waals surface area contributed by atoms with Gasteiger partial charge in [-0.1, -0.05) is 0 Å². The number of nitrogens with zero attached hydrogens (tertiary/aromatic N) is 3. The number of hydrogen-bond acceptors (Lipinski definition) is 7. The maximum Gasteiger partial charge on any atom is 0.262 e. The maximum absolute atomic E-state index is 11.7. The predicted octanol–water partition coefficient (Wildman–Crippen LogP) is 3.15. The van der Waals surface area contributed by atoms with Crippen LogP contribution in [0.3, 0.4) is 0 Å². The Labute approximate surface area is 176 Å². The zero-order valence-electron chi connectivity index (χ0n) is 16.4. The normalized spacial score (nSPS) is 14.1. The summed E-state index contributed by atoms with van der Waals surface area (Å²) in [6.07, 6.45) is 1.51. The van der Waals surface area contributed by atoms with Gasteiger partial charge in [-0.25, -0.2) is 4.68 Å². The van der Waals surface area contributed by atoms with Gasteiger partial charge in [0.15, 0.2) is 6.61 Å². The molecule has 1 aliphatic rings. The molecule has 154 valence electrons. The van der Waals surface area contributed by atoms with Gasteiger partial charge in [0.1, 0.15) is 17.2 Å². The fraction of sp³-hybridized carbons (Fsp3) is 0.190. The molecule has 0 fully saturated rings. The number of nitrogens with one attached hydrogen (secondary N) is 1. The van der Waals surface area contributed by atoms with E-state index in [4.69, 9.17) is 4.74 Å². The lowest BCUT2D eigenvalue weighted by molar-refractivity contribution is -0.118. The second-order valence-electron chi connectivity index (χ2n) is 6.97. The van der Waals surface area contributed by atoms with Crippen LogP contribution < -0.4 is 14.9 Å². The number of ether oxygens (including phenoxy) is 1. The Hall–Kier alpha value is -3.59. The van der Waals surface area contributed by atoms with Crippen molar-refractivity contribution in [3.63, 3.8) is 0 Å². The third kappa shape index (κ3) is 4.06. The second-order valence-corrected chi connectivity index (χ2v) is 7.81. The van der Waals surface area contributed by atoms with Gasteiger partial charge in [-0.15, -0.1) is 11.3 Å². The van der Waals surface area contributed by atoms with Crippen molar-refractivity contribution >= 4 is 29.1 Å². The number of carbonyl (C=O) groups is 1. The fourth-order valence-electron chi connectivity index (χ4n) is 2.92. The predicted molar refractivity (Wildman–Crippen MR) is 115 cm³/mol. The first kappa shape index (κ1) is 19.7. The van der Waals surface area contributed by atoms with Crippen LogP contribution in [0.2, 0.25) is 0 Å². The van der Waals surface area contributed by atoms with Crippen LogP contribution in [0.5, 0.6) is 17.2 Å². The van der Waals surface area contributed by atoms with E-state index < -0.39 is 0 Å². The van der Waals surface area contributed by atoms with Gasteiger partial charge in [-0.05, 0) is 44.2 Å². The number of aromatic nitrogens is 1. The average Bonchev–Trinajstić information content (AvgIpc) is 3.08. The first-order valence-electron chi connectivity index (χ1n) is 9.28. The Kier molecular flexibility index (Phi) is 5.28. The zero-order valence-corrected chi connectivity index (χ0v) is 17.2. The minimum atomic E-state index is -0.200. The van der Waals surface area contributed by atoms with Gasteiger partial charge in [0, 0.05) is 28.6 Å². The Morgan fingerprint density at radius 1 is 1.23 bits per heavy atom. The van der Waals surface area contributed by atoms with Crippen molar-refractivity contribution in [3.05, 3.63) is 52.1 Å². The monoisotopic (exact) mass is 424 g/mol. The Bertz CT molecular complexity index is 1210. The van der Waals surface area contributed by atoms with Crippen molar-refractivity contribution in [3.8, 4) is 28.5 Å². The summed E-state index contributed by atoms with van der Waals surface area (Å²) in [5.74, 6) is 0.313. The maximum atomic E-state index is 11.7. The summed E-state index contributed by atoms with van der Waals surface area (Å²) in [6, 6.07) is 9.90. The van der Waals surface area contributed by atoms with E-state index in [9.17, 15) is 15.0 Å². The number of carbonyl (C=O) groups excluding carboxylic acids is 1. The summed E-state index contributed by atoms with van der Waals surface area (Å²) in [5, 5.41) is 28.8. The minimum Gasteiger partial charge on any atom is -0.508 e. The van der Waals surface area contributed by atoms with Crippen LogP contribution in [-0.2, 0) is 4.79 Å². The minimum absolute atomic E-state index is 0.00261. The molecule has 1 aliphatic heterocycles. The van der Waals surface area contributed by atoms with E-state index >= 15 is 0 Å². The molecule has 2 heterocycles. The summed E-state index contributed by atoms with van der Waals surface area (Å²) in [5.41, 5.74) is 2.66. The topological polar surface area (TPSA) is 108 Å². The molecular formula is C21H20N4O4S. The number of aromatic hydroxyl groups is 2. The van der Waals surface area contributed by atoms with Gasteiger partial charge in [0.2, 0.25) is 4.80 Å². The third-order valence-electron chi connectivity index (χ3n) is 4.29. The van der Waals surface area contributed by atoms with Crippen LogP contribution in [0.1, 0.15) is 19.4 Å². The van der Waals surface area contributed by atoms with Crippen LogP contribution in [0, 0.1) is 0 Å². The zero-order chi connectivity index (χ0) is 21.3. The first-order chi connectivity index (χ1) is 14.4. The molecule has 0 saturated carbocycles. The molecule has 30 heavy (non-hydrogen) atoms. The van der Waals surface area contributed by atoms with Crippen molar-refractivity contribution in [2.75, 3.05) is 11.9 Å². The molecule has 0 spiro atoms. The van der Waals surface area contributed by atoms with Gasteiger partial charge in [0.05, 0.1) is 17.6 Å². The number of benzene rings is 2. The Morgan fingerprint density at radius 2 is 2.07 bits per heavy atom. The number of amides is 1. The van der Waals surface area contributed by atoms with Crippen LogP contribution >= 0.6 is 11.3 Å². The highest BCUT2D eigenvalue weighted by atomic mass is 32.1. The number of thiazole rings is 1. The molecule has 0 saturated heterocycles. The molecule has 9 heteroatoms. The van der Waals surface area contributed by atoms with Crippen molar-refractivity contribution in [2.24, 2.45) is 10.1 Å². The van der Waals surface area contributed by atoms with Crippen LogP contribution in [0.15, 0.2) is 51.9 Å². The largest absolute Gasteiger partial charge is 0.508 e. The first-order valence-corrected chi connectivity index (χ1v) is 10.2. The molecule has 4 rings (SSSR count). The molecule has 0 bridgehead atoms. The molecule has 0 aliphatic carbocycles. The van der Waals surface area contributed by atoms with Gasteiger partial charge in [-0.2, -0.15) is 5.10 Å². The average molecular weight is 424 g/mol. The van der Waals surface area contributed by atoms with E-state index in [1.165, 1.54) is 29.7 Å². The van der Waals surface area contributed by atoms with Crippen molar-refractivity contribution in [2.45, 2.75) is 19.9 Å². The van der Waals surface area contributed by atoms with E-state index in [0.717, 1.165) is 11.3 Å². The van der Waals surface area contributed by atoms with Crippen molar-refractivity contribution in [1.82, 2.24) is 4.68 Å². The van der Waals surface area contributed by atoms with E-state index in [2.05, 4.69) is 15.4 Å². The summed E-state index contributed by atoms with van der Waals surface area (Å²) in [7, 11) is 0. The molecule has 2 aromatic carbocycles. The molecule has 0 unspecified atom stereocenters. The highest BCUT2D eigenvalue weighted by Crippen LogP contribution is 2.33.